The maximum atomic E-state index is 14.0. The van der Waals surface area contributed by atoms with Gasteiger partial charge in [0.2, 0.25) is 5.60 Å². The number of hydrogen-bond acceptors (Lipinski definition) is 5. The van der Waals surface area contributed by atoms with E-state index in [1.54, 1.807) is 0 Å². The van der Waals surface area contributed by atoms with Gasteiger partial charge in [-0.15, -0.1) is 0 Å². The number of esters is 2. The van der Waals surface area contributed by atoms with Crippen molar-refractivity contribution in [3.63, 3.8) is 0 Å². The number of rotatable bonds is 5. The number of nitrogens with zero attached hydrogens (tertiary/aromatic N) is 1. The third-order valence-electron chi connectivity index (χ3n) is 10.1. The molecule has 3 unspecified atom stereocenters. The minimum absolute atomic E-state index is 0.0423. The predicted molar refractivity (Wildman–Crippen MR) is 133 cm³/mol. The first kappa shape index (κ1) is 22.8. The van der Waals surface area contributed by atoms with Gasteiger partial charge < -0.3 is 9.47 Å². The first-order valence-corrected chi connectivity index (χ1v) is 13.1. The second-order valence-electron chi connectivity index (χ2n) is 11.7. The Kier molecular flexibility index (Phi) is 5.16. The van der Waals surface area contributed by atoms with E-state index < -0.39 is 16.4 Å². The van der Waals surface area contributed by atoms with Crippen LogP contribution in [0.1, 0.15) is 63.5 Å². The monoisotopic (exact) mass is 473 g/mol. The van der Waals surface area contributed by atoms with E-state index in [1.807, 2.05) is 32.9 Å². The molecule has 5 aliphatic rings. The van der Waals surface area contributed by atoms with Crippen molar-refractivity contribution in [3.8, 4) is 0 Å². The standard InChI is InChI=1S/C30H35NO4/c1-28(2)29(3)16-17-30(28,35-26(29)32)27(33)34-25-22-14-18-31(19-15-22)24(25)23(20-10-6-4-7-11-20)21-12-8-5-9-13-21/h4-13,22-25H,14-19H2,1-3H3/t24-,25?,29?,30?/m1/s1. The molecule has 1 aliphatic carbocycles. The Hall–Kier alpha value is -2.66. The minimum Gasteiger partial charge on any atom is -0.457 e. The summed E-state index contributed by atoms with van der Waals surface area (Å²) in [5.41, 5.74) is 0.0327. The van der Waals surface area contributed by atoms with Gasteiger partial charge in [-0.3, -0.25) is 9.69 Å². The molecule has 4 atom stereocenters. The lowest BCUT2D eigenvalue weighted by atomic mass is 9.66. The van der Waals surface area contributed by atoms with E-state index in [4.69, 9.17) is 9.47 Å². The SMILES string of the molecule is CC12CCC(C(=O)OC3C4CCN(CC4)[C@@H]3C(c3ccccc3)c3ccccc3)(OC1=O)C2(C)C. The van der Waals surface area contributed by atoms with E-state index >= 15 is 0 Å². The van der Waals surface area contributed by atoms with Gasteiger partial charge in [-0.05, 0) is 62.7 Å². The van der Waals surface area contributed by atoms with Gasteiger partial charge in [-0.25, -0.2) is 4.79 Å². The smallest absolute Gasteiger partial charge is 0.351 e. The van der Waals surface area contributed by atoms with Crippen LogP contribution in [0.2, 0.25) is 0 Å². The molecule has 5 fully saturated rings. The third-order valence-corrected chi connectivity index (χ3v) is 10.1. The molecule has 4 bridgehead atoms. The summed E-state index contributed by atoms with van der Waals surface area (Å²) in [6.07, 6.45) is 3.01. The lowest BCUT2D eigenvalue weighted by molar-refractivity contribution is -0.198. The molecule has 4 heterocycles. The first-order valence-electron chi connectivity index (χ1n) is 13.1. The molecule has 0 amide bonds. The van der Waals surface area contributed by atoms with Gasteiger partial charge in [0.05, 0.1) is 11.5 Å². The predicted octanol–water partition coefficient (Wildman–Crippen LogP) is 4.95. The van der Waals surface area contributed by atoms with E-state index in [0.717, 1.165) is 25.9 Å². The summed E-state index contributed by atoms with van der Waals surface area (Å²) in [7, 11) is 0. The third kappa shape index (κ3) is 3.10. The number of carbonyl (C=O) groups is 2. The fraction of sp³-hybridized carbons (Fsp3) is 0.533. The molecule has 0 N–H and O–H groups in total. The summed E-state index contributed by atoms with van der Waals surface area (Å²) in [6.45, 7) is 7.97. The van der Waals surface area contributed by atoms with Gasteiger partial charge >= 0.3 is 11.9 Å². The molecule has 5 nitrogen and oxygen atoms in total. The van der Waals surface area contributed by atoms with Crippen LogP contribution in [-0.2, 0) is 19.1 Å². The van der Waals surface area contributed by atoms with Crippen LogP contribution in [-0.4, -0.2) is 47.7 Å². The molecule has 0 radical (unpaired) electrons. The molecule has 184 valence electrons. The summed E-state index contributed by atoms with van der Waals surface area (Å²) >= 11 is 0. The number of fused-ring (bicyclic) bond motifs is 5. The molecule has 35 heavy (non-hydrogen) atoms. The first-order chi connectivity index (χ1) is 16.8. The van der Waals surface area contributed by atoms with Gasteiger partial charge in [0.15, 0.2) is 0 Å². The molecular weight excluding hydrogens is 438 g/mol. The summed E-state index contributed by atoms with van der Waals surface area (Å²) in [5.74, 6) is -0.208. The summed E-state index contributed by atoms with van der Waals surface area (Å²) in [5, 5.41) is 0. The van der Waals surface area contributed by atoms with Crippen molar-refractivity contribution in [2.45, 2.75) is 70.1 Å². The zero-order valence-electron chi connectivity index (χ0n) is 20.9. The molecule has 7 rings (SSSR count). The van der Waals surface area contributed by atoms with Crippen molar-refractivity contribution in [2.75, 3.05) is 13.1 Å². The molecule has 4 aliphatic heterocycles. The van der Waals surface area contributed by atoms with Crippen LogP contribution in [0.15, 0.2) is 60.7 Å². The van der Waals surface area contributed by atoms with Crippen molar-refractivity contribution in [3.05, 3.63) is 71.8 Å². The molecule has 1 saturated carbocycles. The van der Waals surface area contributed by atoms with Gasteiger partial charge in [-0.2, -0.15) is 0 Å². The average molecular weight is 474 g/mol. The zero-order valence-corrected chi connectivity index (χ0v) is 20.9. The van der Waals surface area contributed by atoms with Crippen LogP contribution in [0.4, 0.5) is 0 Å². The van der Waals surface area contributed by atoms with E-state index in [2.05, 4.69) is 53.4 Å². The van der Waals surface area contributed by atoms with Crippen LogP contribution in [0.25, 0.3) is 0 Å². The zero-order chi connectivity index (χ0) is 24.4. The normalized spacial score (nSPS) is 36.9. The second-order valence-corrected chi connectivity index (χ2v) is 11.7. The van der Waals surface area contributed by atoms with E-state index in [-0.39, 0.29) is 30.0 Å². The Morgan fingerprint density at radius 1 is 0.943 bits per heavy atom. The topological polar surface area (TPSA) is 55.8 Å². The number of benzene rings is 2. The van der Waals surface area contributed by atoms with Gasteiger partial charge in [-0.1, -0.05) is 74.5 Å². The molecule has 2 aromatic carbocycles. The number of ether oxygens (including phenoxy) is 2. The fourth-order valence-corrected chi connectivity index (χ4v) is 7.43. The maximum Gasteiger partial charge on any atom is 0.351 e. The van der Waals surface area contributed by atoms with Crippen LogP contribution in [0, 0.1) is 16.7 Å². The quantitative estimate of drug-likeness (QED) is 0.576. The Labute approximate surface area is 207 Å². The maximum absolute atomic E-state index is 14.0. The summed E-state index contributed by atoms with van der Waals surface area (Å²) in [4.78, 5) is 29.3. The molecule has 0 spiro atoms. The highest BCUT2D eigenvalue weighted by Gasteiger charge is 2.76. The van der Waals surface area contributed by atoms with Crippen molar-refractivity contribution < 1.29 is 19.1 Å². The molecule has 4 saturated heterocycles. The highest BCUT2D eigenvalue weighted by atomic mass is 16.6. The Balaban J connectivity index is 1.38. The van der Waals surface area contributed by atoms with Crippen molar-refractivity contribution >= 4 is 11.9 Å². The van der Waals surface area contributed by atoms with Gasteiger partial charge in [0, 0.05) is 11.3 Å². The van der Waals surface area contributed by atoms with E-state index in [9.17, 15) is 9.59 Å². The number of hydrogen-bond donors (Lipinski definition) is 0. The Morgan fingerprint density at radius 3 is 2.00 bits per heavy atom. The summed E-state index contributed by atoms with van der Waals surface area (Å²) in [6, 6.07) is 21.2. The summed E-state index contributed by atoms with van der Waals surface area (Å²) < 4.78 is 12.4. The van der Waals surface area contributed by atoms with Crippen molar-refractivity contribution in [1.82, 2.24) is 4.90 Å². The number of carbonyl (C=O) groups excluding carboxylic acids is 2. The van der Waals surface area contributed by atoms with Crippen molar-refractivity contribution in [2.24, 2.45) is 16.7 Å². The minimum atomic E-state index is -1.19. The largest absolute Gasteiger partial charge is 0.457 e. The number of piperidine rings is 3. The van der Waals surface area contributed by atoms with Crippen LogP contribution < -0.4 is 0 Å². The lowest BCUT2D eigenvalue weighted by Gasteiger charge is -2.53. The van der Waals surface area contributed by atoms with Crippen LogP contribution in [0.5, 0.6) is 0 Å². The molecule has 2 aromatic rings. The lowest BCUT2D eigenvalue weighted by Crippen LogP contribution is -2.62. The molecular formula is C30H35NO4. The second kappa shape index (κ2) is 7.92. The van der Waals surface area contributed by atoms with Gasteiger partial charge in [0.1, 0.15) is 6.10 Å². The Bertz CT molecular complexity index is 1080. The van der Waals surface area contributed by atoms with Crippen molar-refractivity contribution in [1.29, 1.82) is 0 Å². The highest BCUT2D eigenvalue weighted by Crippen LogP contribution is 2.66. The van der Waals surface area contributed by atoms with Crippen LogP contribution in [0.3, 0.4) is 0 Å². The van der Waals surface area contributed by atoms with E-state index in [0.29, 0.717) is 18.8 Å². The fourth-order valence-electron chi connectivity index (χ4n) is 7.43. The highest BCUT2D eigenvalue weighted by molar-refractivity contribution is 5.93. The van der Waals surface area contributed by atoms with E-state index in [1.165, 1.54) is 11.1 Å². The van der Waals surface area contributed by atoms with Crippen LogP contribution >= 0.6 is 0 Å². The molecule has 5 heteroatoms. The van der Waals surface area contributed by atoms with Gasteiger partial charge in [0.25, 0.3) is 0 Å². The molecule has 0 aromatic heterocycles. The average Bonchev–Trinajstić information content (AvgIpc) is 3.18. The Morgan fingerprint density at radius 2 is 1.51 bits per heavy atom.